The standard InChI is InChI=1S/C20H34O/c1-3-4-5-6-7-9-12-19(17-21)16-15-18(2)20-13-10-8-11-14-20/h8,10-11,13-14,18-19,21H,3-7,9,12,15-17H2,1-2H3. The minimum absolute atomic E-state index is 0.358. The van der Waals surface area contributed by atoms with Crippen LogP contribution in [0.4, 0.5) is 0 Å². The Labute approximate surface area is 131 Å². The molecular weight excluding hydrogens is 256 g/mol. The zero-order valence-electron chi connectivity index (χ0n) is 14.1. The lowest BCUT2D eigenvalue weighted by atomic mass is 9.89. The van der Waals surface area contributed by atoms with Crippen LogP contribution in [-0.2, 0) is 0 Å². The molecule has 1 heteroatoms. The fourth-order valence-corrected chi connectivity index (χ4v) is 2.97. The number of benzene rings is 1. The third-order valence-electron chi connectivity index (χ3n) is 4.60. The SMILES string of the molecule is CCCCCCCCC(CO)CCC(C)c1ccccc1. The molecule has 1 rings (SSSR count). The van der Waals surface area contributed by atoms with Gasteiger partial charge in [-0.15, -0.1) is 0 Å². The predicted octanol–water partition coefficient (Wildman–Crippen LogP) is 5.93. The van der Waals surface area contributed by atoms with Crippen molar-refractivity contribution in [3.63, 3.8) is 0 Å². The molecule has 0 aliphatic rings. The summed E-state index contributed by atoms with van der Waals surface area (Å²) in [6.45, 7) is 4.92. The lowest BCUT2D eigenvalue weighted by Gasteiger charge is -2.17. The highest BCUT2D eigenvalue weighted by molar-refractivity contribution is 5.18. The minimum Gasteiger partial charge on any atom is -0.396 e. The van der Waals surface area contributed by atoms with Crippen LogP contribution in [-0.4, -0.2) is 11.7 Å². The number of hydrogen-bond donors (Lipinski definition) is 1. The molecule has 1 aromatic carbocycles. The van der Waals surface area contributed by atoms with Crippen LogP contribution in [0, 0.1) is 5.92 Å². The highest BCUT2D eigenvalue weighted by Gasteiger charge is 2.11. The molecule has 0 saturated heterocycles. The van der Waals surface area contributed by atoms with E-state index in [0.29, 0.717) is 18.4 Å². The van der Waals surface area contributed by atoms with Crippen molar-refractivity contribution in [2.75, 3.05) is 6.61 Å². The van der Waals surface area contributed by atoms with Crippen molar-refractivity contribution in [1.29, 1.82) is 0 Å². The topological polar surface area (TPSA) is 20.2 Å². The molecule has 2 unspecified atom stereocenters. The smallest absolute Gasteiger partial charge is 0.0459 e. The summed E-state index contributed by atoms with van der Waals surface area (Å²) in [5.41, 5.74) is 1.42. The van der Waals surface area contributed by atoms with E-state index in [-0.39, 0.29) is 0 Å². The first kappa shape index (κ1) is 18.2. The molecule has 1 aromatic rings. The largest absolute Gasteiger partial charge is 0.396 e. The molecule has 0 aliphatic heterocycles. The molecule has 0 amide bonds. The fourth-order valence-electron chi connectivity index (χ4n) is 2.97. The summed E-state index contributed by atoms with van der Waals surface area (Å²) in [7, 11) is 0. The van der Waals surface area contributed by atoms with Gasteiger partial charge in [0, 0.05) is 6.61 Å². The third-order valence-corrected chi connectivity index (χ3v) is 4.60. The van der Waals surface area contributed by atoms with Gasteiger partial charge in [-0.1, -0.05) is 82.7 Å². The zero-order chi connectivity index (χ0) is 15.3. The summed E-state index contributed by atoms with van der Waals surface area (Å²) in [5.74, 6) is 1.10. The Hall–Kier alpha value is -0.820. The number of aliphatic hydroxyl groups excluding tert-OH is 1. The van der Waals surface area contributed by atoms with E-state index >= 15 is 0 Å². The Morgan fingerprint density at radius 3 is 2.19 bits per heavy atom. The normalized spacial score (nSPS) is 14.0. The van der Waals surface area contributed by atoms with E-state index in [4.69, 9.17) is 0 Å². The summed E-state index contributed by atoms with van der Waals surface area (Å²) in [4.78, 5) is 0. The van der Waals surface area contributed by atoms with Gasteiger partial charge in [0.15, 0.2) is 0 Å². The van der Waals surface area contributed by atoms with E-state index in [1.54, 1.807) is 0 Å². The summed E-state index contributed by atoms with van der Waals surface area (Å²) in [5, 5.41) is 9.55. The van der Waals surface area contributed by atoms with Crippen molar-refractivity contribution in [3.05, 3.63) is 35.9 Å². The van der Waals surface area contributed by atoms with Crippen LogP contribution in [0.2, 0.25) is 0 Å². The number of hydrogen-bond acceptors (Lipinski definition) is 1. The molecule has 0 fully saturated rings. The van der Waals surface area contributed by atoms with E-state index in [9.17, 15) is 5.11 Å². The van der Waals surface area contributed by atoms with Crippen molar-refractivity contribution in [3.8, 4) is 0 Å². The molecule has 0 bridgehead atoms. The molecule has 0 heterocycles. The van der Waals surface area contributed by atoms with Gasteiger partial charge in [-0.05, 0) is 36.7 Å². The molecule has 0 aromatic heterocycles. The van der Waals surface area contributed by atoms with Crippen LogP contribution < -0.4 is 0 Å². The monoisotopic (exact) mass is 290 g/mol. The molecular formula is C20H34O. The first-order valence-electron chi connectivity index (χ1n) is 8.93. The molecule has 0 saturated carbocycles. The molecule has 120 valence electrons. The van der Waals surface area contributed by atoms with Crippen molar-refractivity contribution < 1.29 is 5.11 Å². The average Bonchev–Trinajstić information content (AvgIpc) is 2.54. The summed E-state index contributed by atoms with van der Waals surface area (Å²) >= 11 is 0. The Kier molecular flexibility index (Phi) is 10.2. The molecule has 21 heavy (non-hydrogen) atoms. The summed E-state index contributed by atoms with van der Waals surface area (Å²) in [6, 6.07) is 10.7. The summed E-state index contributed by atoms with van der Waals surface area (Å²) < 4.78 is 0. The summed E-state index contributed by atoms with van der Waals surface area (Å²) in [6.07, 6.45) is 11.6. The van der Waals surface area contributed by atoms with Crippen molar-refractivity contribution >= 4 is 0 Å². The third kappa shape index (κ3) is 8.26. The van der Waals surface area contributed by atoms with Gasteiger partial charge >= 0.3 is 0 Å². The van der Waals surface area contributed by atoms with Crippen molar-refractivity contribution in [2.24, 2.45) is 5.92 Å². The van der Waals surface area contributed by atoms with Crippen LogP contribution >= 0.6 is 0 Å². The Morgan fingerprint density at radius 2 is 1.52 bits per heavy atom. The second-order valence-electron chi connectivity index (χ2n) is 6.49. The number of unbranched alkanes of at least 4 members (excludes halogenated alkanes) is 5. The van der Waals surface area contributed by atoms with Crippen LogP contribution in [0.3, 0.4) is 0 Å². The maximum absolute atomic E-state index is 9.55. The van der Waals surface area contributed by atoms with Crippen LogP contribution in [0.1, 0.15) is 83.1 Å². The Bertz CT molecular complexity index is 333. The number of aliphatic hydroxyl groups is 1. The first-order valence-corrected chi connectivity index (χ1v) is 8.93. The van der Waals surface area contributed by atoms with Gasteiger partial charge in [0.25, 0.3) is 0 Å². The Morgan fingerprint density at radius 1 is 0.857 bits per heavy atom. The molecule has 0 radical (unpaired) electrons. The lowest BCUT2D eigenvalue weighted by Crippen LogP contribution is -2.08. The van der Waals surface area contributed by atoms with Gasteiger partial charge in [-0.3, -0.25) is 0 Å². The van der Waals surface area contributed by atoms with E-state index < -0.39 is 0 Å². The van der Waals surface area contributed by atoms with E-state index in [1.165, 1.54) is 56.9 Å². The van der Waals surface area contributed by atoms with Gasteiger partial charge < -0.3 is 5.11 Å². The highest BCUT2D eigenvalue weighted by Crippen LogP contribution is 2.25. The van der Waals surface area contributed by atoms with Crippen molar-refractivity contribution in [1.82, 2.24) is 0 Å². The van der Waals surface area contributed by atoms with E-state index in [1.807, 2.05) is 0 Å². The maximum Gasteiger partial charge on any atom is 0.0459 e. The molecule has 2 atom stereocenters. The van der Waals surface area contributed by atoms with Gasteiger partial charge in [-0.2, -0.15) is 0 Å². The highest BCUT2D eigenvalue weighted by atomic mass is 16.3. The van der Waals surface area contributed by atoms with Gasteiger partial charge in [0.05, 0.1) is 0 Å². The second-order valence-corrected chi connectivity index (χ2v) is 6.49. The average molecular weight is 290 g/mol. The van der Waals surface area contributed by atoms with Crippen LogP contribution in [0.25, 0.3) is 0 Å². The first-order chi connectivity index (χ1) is 10.3. The van der Waals surface area contributed by atoms with Gasteiger partial charge in [-0.25, -0.2) is 0 Å². The lowest BCUT2D eigenvalue weighted by molar-refractivity contribution is 0.203. The predicted molar refractivity (Wildman–Crippen MR) is 92.7 cm³/mol. The Balaban J connectivity index is 2.16. The molecule has 0 aliphatic carbocycles. The van der Waals surface area contributed by atoms with Gasteiger partial charge in [0.2, 0.25) is 0 Å². The zero-order valence-corrected chi connectivity index (χ0v) is 14.1. The molecule has 0 spiro atoms. The minimum atomic E-state index is 0.358. The quantitative estimate of drug-likeness (QED) is 0.473. The fraction of sp³-hybridized carbons (Fsp3) is 0.700. The molecule has 1 nitrogen and oxygen atoms in total. The van der Waals surface area contributed by atoms with E-state index in [2.05, 4.69) is 44.2 Å². The molecule has 1 N–H and O–H groups in total. The van der Waals surface area contributed by atoms with Gasteiger partial charge in [0.1, 0.15) is 0 Å². The number of rotatable bonds is 12. The second kappa shape index (κ2) is 11.8. The van der Waals surface area contributed by atoms with Crippen LogP contribution in [0.15, 0.2) is 30.3 Å². The van der Waals surface area contributed by atoms with E-state index in [0.717, 1.165) is 6.42 Å². The maximum atomic E-state index is 9.55. The van der Waals surface area contributed by atoms with Crippen molar-refractivity contribution in [2.45, 2.75) is 77.6 Å². The van der Waals surface area contributed by atoms with Crippen LogP contribution in [0.5, 0.6) is 0 Å².